The Bertz CT molecular complexity index is 655. The van der Waals surface area contributed by atoms with E-state index in [-0.39, 0.29) is 31.0 Å². The van der Waals surface area contributed by atoms with Gasteiger partial charge in [-0.25, -0.2) is 0 Å². The summed E-state index contributed by atoms with van der Waals surface area (Å²) in [6.45, 7) is 6.39. The standard InChI is InChI=1S/C19H30N2O5.ClH/c1-6-26-16-10-19(20,18(16,2)3)17(23)21-11-14(22)13-9-12(24-4)7-8-15(13)25-5;/h7-9,14,16,22H,6,10-11,20H2,1-5H3,(H,21,23);1H. The molecule has 7 nitrogen and oxygen atoms in total. The summed E-state index contributed by atoms with van der Waals surface area (Å²) in [5.74, 6) is 0.830. The molecule has 3 unspecified atom stereocenters. The summed E-state index contributed by atoms with van der Waals surface area (Å²) in [6.07, 6.45) is -0.539. The van der Waals surface area contributed by atoms with Crippen molar-refractivity contribution in [2.75, 3.05) is 27.4 Å². The Morgan fingerprint density at radius 2 is 2.04 bits per heavy atom. The highest BCUT2D eigenvalue weighted by Gasteiger charge is 2.62. The van der Waals surface area contributed by atoms with Crippen LogP contribution in [0.2, 0.25) is 0 Å². The molecule has 1 aliphatic carbocycles. The van der Waals surface area contributed by atoms with Crippen LogP contribution in [0.4, 0.5) is 0 Å². The van der Waals surface area contributed by atoms with Crippen LogP contribution in [-0.4, -0.2) is 50.0 Å². The van der Waals surface area contributed by atoms with E-state index in [4.69, 9.17) is 19.9 Å². The Kier molecular flexibility index (Phi) is 7.92. The van der Waals surface area contributed by atoms with Gasteiger partial charge in [0.15, 0.2) is 0 Å². The van der Waals surface area contributed by atoms with Crippen LogP contribution < -0.4 is 20.5 Å². The molecule has 0 bridgehead atoms. The van der Waals surface area contributed by atoms with Crippen molar-refractivity contribution in [3.05, 3.63) is 23.8 Å². The molecule has 2 rings (SSSR count). The van der Waals surface area contributed by atoms with Gasteiger partial charge < -0.3 is 30.4 Å². The summed E-state index contributed by atoms with van der Waals surface area (Å²) >= 11 is 0. The molecular weight excluding hydrogens is 372 g/mol. The molecule has 0 aromatic heterocycles. The van der Waals surface area contributed by atoms with Crippen molar-refractivity contribution in [1.29, 1.82) is 0 Å². The SMILES string of the molecule is CCOC1CC(N)(C(=O)NCC(O)c2cc(OC)ccc2OC)C1(C)C.Cl. The zero-order valence-corrected chi connectivity index (χ0v) is 17.4. The summed E-state index contributed by atoms with van der Waals surface area (Å²) in [4.78, 5) is 12.7. The monoisotopic (exact) mass is 402 g/mol. The third-order valence-electron chi connectivity index (χ3n) is 5.49. The Balaban J connectivity index is 0.00000364. The summed E-state index contributed by atoms with van der Waals surface area (Å²) in [6, 6.07) is 5.14. The van der Waals surface area contributed by atoms with Crippen LogP contribution in [-0.2, 0) is 9.53 Å². The summed E-state index contributed by atoms with van der Waals surface area (Å²) in [7, 11) is 3.07. The maximum atomic E-state index is 12.7. The quantitative estimate of drug-likeness (QED) is 0.612. The highest BCUT2D eigenvalue weighted by atomic mass is 35.5. The van der Waals surface area contributed by atoms with Gasteiger partial charge in [0, 0.05) is 30.6 Å². The van der Waals surface area contributed by atoms with Crippen LogP contribution in [0, 0.1) is 5.41 Å². The number of halogens is 1. The van der Waals surface area contributed by atoms with E-state index in [1.54, 1.807) is 25.3 Å². The largest absolute Gasteiger partial charge is 0.497 e. The third kappa shape index (κ3) is 4.32. The van der Waals surface area contributed by atoms with Crippen molar-refractivity contribution in [2.24, 2.45) is 11.1 Å². The molecule has 8 heteroatoms. The fraction of sp³-hybridized carbons (Fsp3) is 0.632. The lowest BCUT2D eigenvalue weighted by molar-refractivity contribution is -0.170. The fourth-order valence-corrected chi connectivity index (χ4v) is 3.38. The van der Waals surface area contributed by atoms with E-state index >= 15 is 0 Å². The maximum Gasteiger partial charge on any atom is 0.240 e. The first kappa shape index (κ1) is 23.5. The number of nitrogens with one attached hydrogen (secondary N) is 1. The van der Waals surface area contributed by atoms with Gasteiger partial charge in [0.1, 0.15) is 17.0 Å². The van der Waals surface area contributed by atoms with Gasteiger partial charge in [0.25, 0.3) is 0 Å². The van der Waals surface area contributed by atoms with Gasteiger partial charge in [-0.1, -0.05) is 13.8 Å². The average Bonchev–Trinajstić information content (AvgIpc) is 2.64. The number of hydrogen-bond acceptors (Lipinski definition) is 6. The highest BCUT2D eigenvalue weighted by Crippen LogP contribution is 2.49. The molecule has 1 aliphatic rings. The van der Waals surface area contributed by atoms with Gasteiger partial charge in [0.2, 0.25) is 5.91 Å². The predicted molar refractivity (Wildman–Crippen MR) is 105 cm³/mol. The second-order valence-corrected chi connectivity index (χ2v) is 7.17. The van der Waals surface area contributed by atoms with Crippen molar-refractivity contribution in [3.8, 4) is 11.5 Å². The smallest absolute Gasteiger partial charge is 0.240 e. The molecule has 0 heterocycles. The minimum Gasteiger partial charge on any atom is -0.497 e. The molecule has 4 N–H and O–H groups in total. The molecule has 0 radical (unpaired) electrons. The van der Waals surface area contributed by atoms with Crippen molar-refractivity contribution in [2.45, 2.75) is 44.9 Å². The first-order valence-electron chi connectivity index (χ1n) is 8.80. The first-order chi connectivity index (χ1) is 12.2. The van der Waals surface area contributed by atoms with Gasteiger partial charge in [0.05, 0.1) is 26.4 Å². The number of benzene rings is 1. The Hall–Kier alpha value is -1.54. The number of rotatable bonds is 8. The van der Waals surface area contributed by atoms with E-state index in [2.05, 4.69) is 5.32 Å². The molecule has 1 aromatic rings. The lowest BCUT2D eigenvalue weighted by Gasteiger charge is -2.57. The molecule has 0 aliphatic heterocycles. The molecule has 1 aromatic carbocycles. The number of methoxy groups -OCH3 is 2. The van der Waals surface area contributed by atoms with Gasteiger partial charge in [-0.2, -0.15) is 0 Å². The number of hydrogen-bond donors (Lipinski definition) is 3. The minimum absolute atomic E-state index is 0. The van der Waals surface area contributed by atoms with Crippen LogP contribution in [0.3, 0.4) is 0 Å². The lowest BCUT2D eigenvalue weighted by Crippen LogP contribution is -2.75. The fourth-order valence-electron chi connectivity index (χ4n) is 3.38. The van der Waals surface area contributed by atoms with Crippen molar-refractivity contribution < 1.29 is 24.1 Å². The molecule has 0 saturated heterocycles. The zero-order chi connectivity index (χ0) is 19.5. The van der Waals surface area contributed by atoms with Crippen molar-refractivity contribution in [3.63, 3.8) is 0 Å². The highest BCUT2D eigenvalue weighted by molar-refractivity contribution is 5.88. The van der Waals surface area contributed by atoms with E-state index < -0.39 is 17.1 Å². The Morgan fingerprint density at radius 1 is 1.37 bits per heavy atom. The number of aliphatic hydroxyl groups is 1. The van der Waals surface area contributed by atoms with Gasteiger partial charge >= 0.3 is 0 Å². The zero-order valence-electron chi connectivity index (χ0n) is 16.6. The van der Waals surface area contributed by atoms with Crippen molar-refractivity contribution in [1.82, 2.24) is 5.32 Å². The topological polar surface area (TPSA) is 103 Å². The van der Waals surface area contributed by atoms with Crippen LogP contribution >= 0.6 is 12.4 Å². The lowest BCUT2D eigenvalue weighted by atomic mass is 9.54. The summed E-state index contributed by atoms with van der Waals surface area (Å²) in [5, 5.41) is 13.3. The predicted octanol–water partition coefficient (Wildman–Crippen LogP) is 1.81. The Morgan fingerprint density at radius 3 is 2.56 bits per heavy atom. The molecule has 27 heavy (non-hydrogen) atoms. The third-order valence-corrected chi connectivity index (χ3v) is 5.49. The maximum absolute atomic E-state index is 12.7. The first-order valence-corrected chi connectivity index (χ1v) is 8.80. The molecule has 1 saturated carbocycles. The van der Waals surface area contributed by atoms with E-state index in [0.717, 1.165) is 0 Å². The average molecular weight is 403 g/mol. The second-order valence-electron chi connectivity index (χ2n) is 7.17. The minimum atomic E-state index is -1.02. The molecule has 1 amide bonds. The second kappa shape index (κ2) is 9.10. The summed E-state index contributed by atoms with van der Waals surface area (Å²) in [5.41, 5.74) is 5.39. The van der Waals surface area contributed by atoms with Crippen LogP contribution in [0.1, 0.15) is 38.9 Å². The number of aliphatic hydroxyl groups excluding tert-OH is 1. The number of carbonyl (C=O) groups excluding carboxylic acids is 1. The van der Waals surface area contributed by atoms with Gasteiger partial charge in [-0.3, -0.25) is 4.79 Å². The molecule has 154 valence electrons. The van der Waals surface area contributed by atoms with E-state index in [1.807, 2.05) is 20.8 Å². The number of ether oxygens (including phenoxy) is 3. The van der Waals surface area contributed by atoms with E-state index in [0.29, 0.717) is 30.1 Å². The van der Waals surface area contributed by atoms with Crippen LogP contribution in [0.25, 0.3) is 0 Å². The molecular formula is C19H31ClN2O5. The van der Waals surface area contributed by atoms with Gasteiger partial charge in [-0.05, 0) is 25.1 Å². The molecule has 1 fully saturated rings. The van der Waals surface area contributed by atoms with Gasteiger partial charge in [-0.15, -0.1) is 12.4 Å². The molecule has 3 atom stereocenters. The van der Waals surface area contributed by atoms with Crippen LogP contribution in [0.15, 0.2) is 18.2 Å². The Labute approximate surface area is 167 Å². The van der Waals surface area contributed by atoms with E-state index in [1.165, 1.54) is 7.11 Å². The van der Waals surface area contributed by atoms with E-state index in [9.17, 15) is 9.90 Å². The van der Waals surface area contributed by atoms with Crippen molar-refractivity contribution >= 4 is 18.3 Å². The molecule has 0 spiro atoms. The normalized spacial score (nSPS) is 24.2. The number of carbonyl (C=O) groups is 1. The number of amides is 1. The number of nitrogens with two attached hydrogens (primary N) is 1. The summed E-state index contributed by atoms with van der Waals surface area (Å²) < 4.78 is 16.1. The van der Waals surface area contributed by atoms with Crippen LogP contribution in [0.5, 0.6) is 11.5 Å².